The number of furan rings is 1. The average Bonchev–Trinajstić information content (AvgIpc) is 3.09. The lowest BCUT2D eigenvalue weighted by Crippen LogP contribution is -2.41. The average molecular weight is 382 g/mol. The first-order valence-corrected chi connectivity index (χ1v) is 9.05. The summed E-state index contributed by atoms with van der Waals surface area (Å²) in [7, 11) is 0. The van der Waals surface area contributed by atoms with Gasteiger partial charge in [-0.2, -0.15) is 0 Å². The number of fused-ring (bicyclic) bond motifs is 1. The van der Waals surface area contributed by atoms with Crippen LogP contribution < -0.4 is 15.6 Å². The Labute approximate surface area is 162 Å². The van der Waals surface area contributed by atoms with E-state index in [1.807, 2.05) is 32.0 Å². The number of carbonyl (C=O) groups is 2. The molecule has 3 aromatic rings. The van der Waals surface area contributed by atoms with Crippen molar-refractivity contribution in [3.05, 3.63) is 65.4 Å². The highest BCUT2D eigenvalue weighted by Crippen LogP contribution is 2.26. The van der Waals surface area contributed by atoms with Crippen molar-refractivity contribution < 1.29 is 23.5 Å². The summed E-state index contributed by atoms with van der Waals surface area (Å²) in [5.74, 6) is -0.211. The third-order valence-electron chi connectivity index (χ3n) is 4.07. The van der Waals surface area contributed by atoms with E-state index in [0.717, 1.165) is 5.39 Å². The summed E-state index contributed by atoms with van der Waals surface area (Å²) >= 11 is 0. The molecule has 1 heterocycles. The summed E-state index contributed by atoms with van der Waals surface area (Å²) in [6.45, 7) is 5.05. The number of nitrogens with one attached hydrogen (secondary N) is 2. The zero-order valence-electron chi connectivity index (χ0n) is 15.8. The smallest absolute Gasteiger partial charge is 0.305 e. The third kappa shape index (κ3) is 4.32. The summed E-state index contributed by atoms with van der Waals surface area (Å²) in [5.41, 5.74) is 6.41. The Bertz CT molecular complexity index is 963. The monoisotopic (exact) mass is 382 g/mol. The molecule has 7 heteroatoms. The van der Waals surface area contributed by atoms with Crippen molar-refractivity contribution in [1.29, 1.82) is 0 Å². The summed E-state index contributed by atoms with van der Waals surface area (Å²) in [4.78, 5) is 24.8. The van der Waals surface area contributed by atoms with E-state index >= 15 is 0 Å². The number of hydrogen-bond acceptors (Lipinski definition) is 5. The van der Waals surface area contributed by atoms with Gasteiger partial charge >= 0.3 is 5.91 Å². The Morgan fingerprint density at radius 3 is 2.36 bits per heavy atom. The lowest BCUT2D eigenvalue weighted by atomic mass is 10.1. The maximum atomic E-state index is 12.6. The predicted octanol–water partition coefficient (Wildman–Crippen LogP) is 3.44. The van der Waals surface area contributed by atoms with E-state index in [9.17, 15) is 9.59 Å². The number of para-hydroxylation sites is 1. The first kappa shape index (κ1) is 19.4. The predicted molar refractivity (Wildman–Crippen MR) is 104 cm³/mol. The van der Waals surface area contributed by atoms with Crippen LogP contribution in [0.3, 0.4) is 0 Å². The first-order valence-electron chi connectivity index (χ1n) is 9.05. The van der Waals surface area contributed by atoms with Gasteiger partial charge in [-0.1, -0.05) is 18.2 Å². The molecule has 2 amide bonds. The van der Waals surface area contributed by atoms with Gasteiger partial charge in [-0.3, -0.25) is 20.4 Å². The number of benzene rings is 2. The first-order chi connectivity index (χ1) is 13.6. The van der Waals surface area contributed by atoms with Crippen LogP contribution in [0.15, 0.2) is 52.9 Å². The Hall–Kier alpha value is -3.32. The highest BCUT2D eigenvalue weighted by Gasteiger charge is 2.21. The van der Waals surface area contributed by atoms with Gasteiger partial charge in [0.05, 0.1) is 13.2 Å². The molecule has 146 valence electrons. The molecule has 0 radical (unpaired) electrons. The Balaban J connectivity index is 1.71. The lowest BCUT2D eigenvalue weighted by Gasteiger charge is -2.08. The van der Waals surface area contributed by atoms with Gasteiger partial charge in [-0.25, -0.2) is 0 Å². The van der Waals surface area contributed by atoms with Crippen LogP contribution in [0.1, 0.15) is 40.3 Å². The number of carbonyl (C=O) groups excluding carboxylic acids is 2. The molecular formula is C21H22N2O5. The normalized spacial score (nSPS) is 10.6. The quantitative estimate of drug-likeness (QED) is 0.611. The molecule has 0 saturated carbocycles. The van der Waals surface area contributed by atoms with Crippen LogP contribution in [0.2, 0.25) is 0 Å². The van der Waals surface area contributed by atoms with E-state index < -0.39 is 11.8 Å². The highest BCUT2D eigenvalue weighted by atomic mass is 16.5. The minimum absolute atomic E-state index is 0.113. The van der Waals surface area contributed by atoms with Crippen molar-refractivity contribution in [2.24, 2.45) is 0 Å². The van der Waals surface area contributed by atoms with E-state index in [1.165, 1.54) is 0 Å². The third-order valence-corrected chi connectivity index (χ3v) is 4.07. The number of hydrogen-bond donors (Lipinski definition) is 2. The fourth-order valence-corrected chi connectivity index (χ4v) is 2.74. The maximum Gasteiger partial charge on any atom is 0.305 e. The minimum atomic E-state index is -0.551. The van der Waals surface area contributed by atoms with Crippen molar-refractivity contribution in [2.75, 3.05) is 13.2 Å². The zero-order chi connectivity index (χ0) is 19.9. The van der Waals surface area contributed by atoms with Crippen molar-refractivity contribution >= 4 is 22.8 Å². The van der Waals surface area contributed by atoms with Gasteiger partial charge < -0.3 is 13.9 Å². The number of amides is 2. The summed E-state index contributed by atoms with van der Waals surface area (Å²) in [6, 6.07) is 14.0. The van der Waals surface area contributed by atoms with Crippen LogP contribution in [0, 0.1) is 0 Å². The number of rotatable bonds is 7. The van der Waals surface area contributed by atoms with Gasteiger partial charge in [0.15, 0.2) is 5.76 Å². The number of ether oxygens (including phenoxy) is 2. The Kier molecular flexibility index (Phi) is 6.29. The largest absolute Gasteiger partial charge is 0.494 e. The molecule has 3 rings (SSSR count). The molecule has 0 aliphatic heterocycles. The Morgan fingerprint density at radius 2 is 1.64 bits per heavy atom. The molecule has 2 aromatic carbocycles. The van der Waals surface area contributed by atoms with Crippen molar-refractivity contribution in [2.45, 2.75) is 20.5 Å². The van der Waals surface area contributed by atoms with Gasteiger partial charge in [0, 0.05) is 23.1 Å². The molecule has 0 saturated heterocycles. The van der Waals surface area contributed by atoms with Crippen molar-refractivity contribution in [3.8, 4) is 5.75 Å². The maximum absolute atomic E-state index is 12.6. The SMILES string of the molecule is CCOCc1c(C(=O)NNC(=O)c2ccc(OCC)cc2)oc2ccccc12. The van der Waals surface area contributed by atoms with E-state index in [2.05, 4.69) is 10.9 Å². The van der Waals surface area contributed by atoms with Crippen LogP contribution in [-0.4, -0.2) is 25.0 Å². The molecule has 0 fully saturated rings. The number of hydrazine groups is 1. The van der Waals surface area contributed by atoms with E-state index in [4.69, 9.17) is 13.9 Å². The van der Waals surface area contributed by atoms with Crippen molar-refractivity contribution in [3.63, 3.8) is 0 Å². The second-order valence-corrected chi connectivity index (χ2v) is 5.91. The topological polar surface area (TPSA) is 89.8 Å². The van der Waals surface area contributed by atoms with Gasteiger partial charge in [0.1, 0.15) is 11.3 Å². The summed E-state index contributed by atoms with van der Waals surface area (Å²) < 4.78 is 16.5. The van der Waals surface area contributed by atoms with Gasteiger partial charge in [-0.15, -0.1) is 0 Å². The Morgan fingerprint density at radius 1 is 0.929 bits per heavy atom. The molecule has 0 unspecified atom stereocenters. The minimum Gasteiger partial charge on any atom is -0.494 e. The van der Waals surface area contributed by atoms with Crippen LogP contribution in [0.5, 0.6) is 5.75 Å². The molecule has 7 nitrogen and oxygen atoms in total. The summed E-state index contributed by atoms with van der Waals surface area (Å²) in [5, 5.41) is 0.805. The summed E-state index contributed by atoms with van der Waals surface area (Å²) in [6.07, 6.45) is 0. The molecular weight excluding hydrogens is 360 g/mol. The van der Waals surface area contributed by atoms with Gasteiger partial charge in [-0.05, 0) is 44.2 Å². The lowest BCUT2D eigenvalue weighted by molar-refractivity contribution is 0.0825. The highest BCUT2D eigenvalue weighted by molar-refractivity contribution is 6.01. The van der Waals surface area contributed by atoms with Crippen LogP contribution in [0.25, 0.3) is 11.0 Å². The van der Waals surface area contributed by atoms with Crippen LogP contribution in [0.4, 0.5) is 0 Å². The molecule has 0 aliphatic carbocycles. The molecule has 0 aliphatic rings. The van der Waals surface area contributed by atoms with E-state index in [0.29, 0.717) is 35.7 Å². The molecule has 2 N–H and O–H groups in total. The van der Waals surface area contributed by atoms with E-state index in [-0.39, 0.29) is 12.4 Å². The van der Waals surface area contributed by atoms with Gasteiger partial charge in [0.25, 0.3) is 5.91 Å². The second-order valence-electron chi connectivity index (χ2n) is 5.91. The van der Waals surface area contributed by atoms with Gasteiger partial charge in [0.2, 0.25) is 0 Å². The standard InChI is InChI=1S/C21H22N2O5/c1-3-26-13-17-16-7-5-6-8-18(16)28-19(17)21(25)23-22-20(24)14-9-11-15(12-10-14)27-4-2/h5-12H,3-4,13H2,1-2H3,(H,22,24)(H,23,25). The van der Waals surface area contributed by atoms with Crippen LogP contribution >= 0.6 is 0 Å². The molecule has 28 heavy (non-hydrogen) atoms. The molecule has 1 aromatic heterocycles. The zero-order valence-corrected chi connectivity index (χ0v) is 15.8. The fraction of sp³-hybridized carbons (Fsp3) is 0.238. The van der Waals surface area contributed by atoms with Crippen molar-refractivity contribution in [1.82, 2.24) is 10.9 Å². The molecule has 0 spiro atoms. The van der Waals surface area contributed by atoms with Crippen LogP contribution in [-0.2, 0) is 11.3 Å². The molecule has 0 bridgehead atoms. The molecule has 0 atom stereocenters. The van der Waals surface area contributed by atoms with E-state index in [1.54, 1.807) is 30.3 Å². The fourth-order valence-electron chi connectivity index (χ4n) is 2.74. The second kappa shape index (κ2) is 9.05.